The Balaban J connectivity index is 2.70. The number of ether oxygens (including phenoxy) is 1. The van der Waals surface area contributed by atoms with Gasteiger partial charge in [0.2, 0.25) is 0 Å². The van der Waals surface area contributed by atoms with Crippen molar-refractivity contribution < 1.29 is 14.6 Å². The van der Waals surface area contributed by atoms with Crippen LogP contribution in [0, 0.1) is 6.92 Å². The summed E-state index contributed by atoms with van der Waals surface area (Å²) in [5.74, 6) is 0.0714. The van der Waals surface area contributed by atoms with Crippen molar-refractivity contribution in [1.82, 2.24) is 5.32 Å². The number of aryl methyl sites for hydroxylation is 1. The zero-order valence-electron chi connectivity index (χ0n) is 11.2. The molecule has 100 valence electrons. The van der Waals surface area contributed by atoms with E-state index in [-0.39, 0.29) is 17.7 Å². The molecule has 0 heterocycles. The van der Waals surface area contributed by atoms with Crippen LogP contribution in [-0.2, 0) is 4.74 Å². The van der Waals surface area contributed by atoms with E-state index in [4.69, 9.17) is 4.74 Å². The number of phenolic OH excluding ortho intramolecular Hbond substituents is 1. The van der Waals surface area contributed by atoms with Crippen molar-refractivity contribution in [3.05, 3.63) is 29.3 Å². The topological polar surface area (TPSA) is 58.6 Å². The van der Waals surface area contributed by atoms with E-state index in [0.717, 1.165) is 12.8 Å². The third-order valence-electron chi connectivity index (χ3n) is 2.80. The summed E-state index contributed by atoms with van der Waals surface area (Å²) in [6, 6.07) is 4.87. The van der Waals surface area contributed by atoms with E-state index in [1.165, 1.54) is 6.07 Å². The smallest absolute Gasteiger partial charge is 0.251 e. The lowest BCUT2D eigenvalue weighted by molar-refractivity contribution is 0.0891. The number of rotatable bonds is 6. The van der Waals surface area contributed by atoms with Crippen LogP contribution in [0.3, 0.4) is 0 Å². The molecule has 0 fully saturated rings. The minimum absolute atomic E-state index is 0.0293. The molecular formula is C14H21NO3. The normalized spacial score (nSPS) is 12.2. The van der Waals surface area contributed by atoms with Crippen molar-refractivity contribution in [2.24, 2.45) is 0 Å². The quantitative estimate of drug-likeness (QED) is 0.815. The first-order valence-electron chi connectivity index (χ1n) is 6.17. The average molecular weight is 251 g/mol. The average Bonchev–Trinajstić information content (AvgIpc) is 2.33. The van der Waals surface area contributed by atoms with Gasteiger partial charge >= 0.3 is 0 Å². The van der Waals surface area contributed by atoms with Crippen LogP contribution < -0.4 is 5.32 Å². The maximum atomic E-state index is 12.0. The molecule has 2 N–H and O–H groups in total. The first kappa shape index (κ1) is 14.5. The van der Waals surface area contributed by atoms with Crippen LogP contribution in [0.25, 0.3) is 0 Å². The van der Waals surface area contributed by atoms with Gasteiger partial charge in [0.1, 0.15) is 5.75 Å². The van der Waals surface area contributed by atoms with E-state index in [9.17, 15) is 9.90 Å². The van der Waals surface area contributed by atoms with Gasteiger partial charge in [0, 0.05) is 12.7 Å². The van der Waals surface area contributed by atoms with Crippen molar-refractivity contribution in [2.45, 2.75) is 32.7 Å². The molecule has 4 nitrogen and oxygen atoms in total. The number of carbonyl (C=O) groups is 1. The lowest BCUT2D eigenvalue weighted by Crippen LogP contribution is -2.37. The molecule has 1 unspecified atom stereocenters. The van der Waals surface area contributed by atoms with Gasteiger partial charge in [-0.25, -0.2) is 0 Å². The van der Waals surface area contributed by atoms with E-state index in [2.05, 4.69) is 12.2 Å². The predicted octanol–water partition coefficient (Wildman–Crippen LogP) is 2.25. The summed E-state index contributed by atoms with van der Waals surface area (Å²) in [6.07, 6.45) is 1.87. The van der Waals surface area contributed by atoms with Crippen molar-refractivity contribution >= 4 is 5.91 Å². The standard InChI is InChI=1S/C14H21NO3/c1-4-5-12(9-18-3)15-14(17)11-6-7-13(16)10(2)8-11/h6-8,12,16H,4-5,9H2,1-3H3,(H,15,17). The molecule has 1 amide bonds. The number of aromatic hydroxyl groups is 1. The largest absolute Gasteiger partial charge is 0.508 e. The minimum Gasteiger partial charge on any atom is -0.508 e. The molecule has 1 atom stereocenters. The van der Waals surface area contributed by atoms with Crippen LogP contribution in [0.4, 0.5) is 0 Å². The van der Waals surface area contributed by atoms with Crippen molar-refractivity contribution in [1.29, 1.82) is 0 Å². The highest BCUT2D eigenvalue weighted by Crippen LogP contribution is 2.17. The maximum absolute atomic E-state index is 12.0. The molecule has 18 heavy (non-hydrogen) atoms. The number of carbonyl (C=O) groups excluding carboxylic acids is 1. The summed E-state index contributed by atoms with van der Waals surface area (Å²) in [5.41, 5.74) is 1.25. The Morgan fingerprint density at radius 2 is 2.22 bits per heavy atom. The van der Waals surface area contributed by atoms with Crippen molar-refractivity contribution in [3.8, 4) is 5.75 Å². The molecule has 1 rings (SSSR count). The van der Waals surface area contributed by atoms with Gasteiger partial charge in [-0.1, -0.05) is 13.3 Å². The molecule has 0 saturated heterocycles. The van der Waals surface area contributed by atoms with Gasteiger partial charge in [-0.05, 0) is 37.1 Å². The second-order valence-electron chi connectivity index (χ2n) is 4.42. The van der Waals surface area contributed by atoms with Gasteiger partial charge in [-0.15, -0.1) is 0 Å². The molecule has 0 bridgehead atoms. The summed E-state index contributed by atoms with van der Waals surface area (Å²) in [5, 5.41) is 12.4. The second-order valence-corrected chi connectivity index (χ2v) is 4.42. The van der Waals surface area contributed by atoms with Crippen LogP contribution >= 0.6 is 0 Å². The first-order chi connectivity index (χ1) is 8.58. The fraction of sp³-hybridized carbons (Fsp3) is 0.500. The zero-order valence-corrected chi connectivity index (χ0v) is 11.2. The Morgan fingerprint density at radius 1 is 1.50 bits per heavy atom. The van der Waals surface area contributed by atoms with Gasteiger partial charge in [-0.3, -0.25) is 4.79 Å². The Kier molecular flexibility index (Phi) is 5.65. The number of nitrogens with one attached hydrogen (secondary N) is 1. The number of hydrogen-bond donors (Lipinski definition) is 2. The highest BCUT2D eigenvalue weighted by Gasteiger charge is 2.13. The van der Waals surface area contributed by atoms with Gasteiger partial charge in [0.15, 0.2) is 0 Å². The molecule has 0 aliphatic carbocycles. The van der Waals surface area contributed by atoms with Gasteiger partial charge in [-0.2, -0.15) is 0 Å². The highest BCUT2D eigenvalue weighted by atomic mass is 16.5. The van der Waals surface area contributed by atoms with Crippen LogP contribution in [-0.4, -0.2) is 30.8 Å². The molecular weight excluding hydrogens is 230 g/mol. The lowest BCUT2D eigenvalue weighted by Gasteiger charge is -2.17. The molecule has 0 aliphatic rings. The molecule has 4 heteroatoms. The van der Waals surface area contributed by atoms with Crippen LogP contribution in [0.1, 0.15) is 35.7 Å². The summed E-state index contributed by atoms with van der Waals surface area (Å²) >= 11 is 0. The van der Waals surface area contributed by atoms with Crippen LogP contribution in [0.5, 0.6) is 5.75 Å². The fourth-order valence-corrected chi connectivity index (χ4v) is 1.81. The van der Waals surface area contributed by atoms with Crippen molar-refractivity contribution in [3.63, 3.8) is 0 Å². The van der Waals surface area contributed by atoms with E-state index >= 15 is 0 Å². The first-order valence-corrected chi connectivity index (χ1v) is 6.17. The highest BCUT2D eigenvalue weighted by molar-refractivity contribution is 5.94. The Bertz CT molecular complexity index is 398. The molecule has 0 saturated carbocycles. The van der Waals surface area contributed by atoms with Crippen molar-refractivity contribution in [2.75, 3.05) is 13.7 Å². The monoisotopic (exact) mass is 251 g/mol. The molecule has 0 aromatic heterocycles. The van der Waals surface area contributed by atoms with Gasteiger partial charge < -0.3 is 15.2 Å². The molecule has 0 radical (unpaired) electrons. The van der Waals surface area contributed by atoms with E-state index in [1.54, 1.807) is 26.2 Å². The van der Waals surface area contributed by atoms with E-state index < -0.39 is 0 Å². The Labute approximate surface area is 108 Å². The molecule has 1 aromatic carbocycles. The molecule has 0 aliphatic heterocycles. The lowest BCUT2D eigenvalue weighted by atomic mass is 10.1. The number of phenols is 1. The minimum atomic E-state index is -0.131. The predicted molar refractivity (Wildman–Crippen MR) is 70.9 cm³/mol. The van der Waals surface area contributed by atoms with E-state index in [0.29, 0.717) is 17.7 Å². The number of amides is 1. The third-order valence-corrected chi connectivity index (χ3v) is 2.80. The van der Waals surface area contributed by atoms with Gasteiger partial charge in [0.05, 0.1) is 12.6 Å². The third kappa shape index (κ3) is 4.04. The Hall–Kier alpha value is -1.55. The van der Waals surface area contributed by atoms with Gasteiger partial charge in [0.25, 0.3) is 5.91 Å². The van der Waals surface area contributed by atoms with Crippen LogP contribution in [0.2, 0.25) is 0 Å². The SMILES string of the molecule is CCCC(COC)NC(=O)c1ccc(O)c(C)c1. The number of methoxy groups -OCH3 is 1. The van der Waals surface area contributed by atoms with Crippen LogP contribution in [0.15, 0.2) is 18.2 Å². The number of benzene rings is 1. The zero-order chi connectivity index (χ0) is 13.5. The molecule has 1 aromatic rings. The maximum Gasteiger partial charge on any atom is 0.251 e. The van der Waals surface area contributed by atoms with E-state index in [1.807, 2.05) is 0 Å². The number of hydrogen-bond acceptors (Lipinski definition) is 3. The summed E-state index contributed by atoms with van der Waals surface area (Å²) in [6.45, 7) is 4.35. The summed E-state index contributed by atoms with van der Waals surface area (Å²) in [7, 11) is 1.62. The Morgan fingerprint density at radius 3 is 2.78 bits per heavy atom. The summed E-state index contributed by atoms with van der Waals surface area (Å²) < 4.78 is 5.08. The second kappa shape index (κ2) is 7.01. The fourth-order valence-electron chi connectivity index (χ4n) is 1.81. The molecule has 0 spiro atoms. The summed E-state index contributed by atoms with van der Waals surface area (Å²) in [4.78, 5) is 12.0.